The quantitative estimate of drug-likeness (QED) is 0.648. The number of aromatic nitrogens is 2. The molecule has 0 aliphatic rings. The van der Waals surface area contributed by atoms with Crippen LogP contribution in [0.15, 0.2) is 30.6 Å². The molecule has 0 radical (unpaired) electrons. The molecule has 0 amide bonds. The molecule has 1 N–H and O–H groups in total. The average Bonchev–Trinajstić information content (AvgIpc) is 2.46. The number of hydrogen-bond acceptors (Lipinski definition) is 6. The van der Waals surface area contributed by atoms with Crippen LogP contribution in [0.4, 0.5) is 15.9 Å². The van der Waals surface area contributed by atoms with Crippen LogP contribution in [0.1, 0.15) is 5.56 Å². The summed E-state index contributed by atoms with van der Waals surface area (Å²) in [5.41, 5.74) is 0.463. The number of nitrogens with one attached hydrogen (secondary N) is 1. The minimum absolute atomic E-state index is 0.0725. The largest absolute Gasteiger partial charge is 0.476 e. The van der Waals surface area contributed by atoms with Crippen molar-refractivity contribution in [1.29, 1.82) is 0 Å². The second kappa shape index (κ2) is 6.60. The summed E-state index contributed by atoms with van der Waals surface area (Å²) < 4.78 is 17.9. The molecular weight excluding hydrogens is 279 g/mol. The van der Waals surface area contributed by atoms with Crippen LogP contribution in [0.2, 0.25) is 0 Å². The van der Waals surface area contributed by atoms with E-state index in [4.69, 9.17) is 4.74 Å². The van der Waals surface area contributed by atoms with Crippen LogP contribution in [0.5, 0.6) is 5.88 Å². The van der Waals surface area contributed by atoms with E-state index in [2.05, 4.69) is 15.3 Å². The Kier molecular flexibility index (Phi) is 4.60. The number of nitrogens with zero attached hydrogens (tertiary/aromatic N) is 3. The molecule has 0 unspecified atom stereocenters. The molecule has 0 fully saturated rings. The zero-order chi connectivity index (χ0) is 15.2. The van der Waals surface area contributed by atoms with Gasteiger partial charge in [0.1, 0.15) is 12.1 Å². The molecular formula is C13H13FN4O3. The SMILES string of the molecule is COc1ncnc(NCCc2cccc(F)c2)c1[N+](=O)[O-]. The smallest absolute Gasteiger partial charge is 0.372 e. The van der Waals surface area contributed by atoms with Crippen LogP contribution in [-0.2, 0) is 6.42 Å². The van der Waals surface area contributed by atoms with E-state index in [9.17, 15) is 14.5 Å². The Morgan fingerprint density at radius 1 is 1.43 bits per heavy atom. The van der Waals surface area contributed by atoms with E-state index in [1.54, 1.807) is 12.1 Å². The van der Waals surface area contributed by atoms with Gasteiger partial charge < -0.3 is 10.1 Å². The van der Waals surface area contributed by atoms with Crippen LogP contribution < -0.4 is 10.1 Å². The molecule has 1 aromatic carbocycles. The number of ether oxygens (including phenoxy) is 1. The summed E-state index contributed by atoms with van der Waals surface area (Å²) in [6.07, 6.45) is 1.68. The molecule has 0 saturated carbocycles. The molecule has 2 aromatic rings. The van der Waals surface area contributed by atoms with Gasteiger partial charge in [0.2, 0.25) is 5.82 Å². The van der Waals surface area contributed by atoms with Gasteiger partial charge in [-0.15, -0.1) is 0 Å². The predicted molar refractivity (Wildman–Crippen MR) is 73.8 cm³/mol. The van der Waals surface area contributed by atoms with Crippen molar-refractivity contribution < 1.29 is 14.1 Å². The van der Waals surface area contributed by atoms with E-state index in [1.807, 2.05) is 0 Å². The summed E-state index contributed by atoms with van der Waals surface area (Å²) in [6, 6.07) is 6.16. The first-order chi connectivity index (χ1) is 10.1. The van der Waals surface area contributed by atoms with Gasteiger partial charge in [0.05, 0.1) is 12.0 Å². The van der Waals surface area contributed by atoms with Crippen molar-refractivity contribution in [2.75, 3.05) is 19.0 Å². The summed E-state index contributed by atoms with van der Waals surface area (Å²) in [6.45, 7) is 0.366. The number of nitro groups is 1. The van der Waals surface area contributed by atoms with Gasteiger partial charge in [-0.05, 0) is 24.1 Å². The Bertz CT molecular complexity index is 651. The lowest BCUT2D eigenvalue weighted by Gasteiger charge is -2.07. The summed E-state index contributed by atoms with van der Waals surface area (Å²) in [4.78, 5) is 18.0. The molecule has 21 heavy (non-hydrogen) atoms. The Morgan fingerprint density at radius 3 is 2.90 bits per heavy atom. The van der Waals surface area contributed by atoms with E-state index in [1.165, 1.54) is 25.6 Å². The van der Waals surface area contributed by atoms with E-state index in [0.29, 0.717) is 13.0 Å². The molecule has 0 saturated heterocycles. The highest BCUT2D eigenvalue weighted by Gasteiger charge is 2.23. The maximum atomic E-state index is 13.0. The van der Waals surface area contributed by atoms with Gasteiger partial charge in [-0.3, -0.25) is 10.1 Å². The third-order valence-corrected chi connectivity index (χ3v) is 2.76. The summed E-state index contributed by atoms with van der Waals surface area (Å²) in [7, 11) is 1.30. The summed E-state index contributed by atoms with van der Waals surface area (Å²) in [5.74, 6) is -0.353. The first kappa shape index (κ1) is 14.6. The van der Waals surface area contributed by atoms with Crippen LogP contribution in [0, 0.1) is 15.9 Å². The number of hydrogen-bond donors (Lipinski definition) is 1. The lowest BCUT2D eigenvalue weighted by Crippen LogP contribution is -2.10. The van der Waals surface area contributed by atoms with Crippen molar-refractivity contribution in [2.24, 2.45) is 0 Å². The van der Waals surface area contributed by atoms with E-state index < -0.39 is 4.92 Å². The lowest BCUT2D eigenvalue weighted by atomic mass is 10.1. The first-order valence-corrected chi connectivity index (χ1v) is 6.13. The molecule has 0 aliphatic heterocycles. The normalized spacial score (nSPS) is 10.2. The number of halogens is 1. The topological polar surface area (TPSA) is 90.2 Å². The van der Waals surface area contributed by atoms with Crippen molar-refractivity contribution in [3.63, 3.8) is 0 Å². The molecule has 7 nitrogen and oxygen atoms in total. The molecule has 1 heterocycles. The molecule has 2 rings (SSSR count). The second-order valence-electron chi connectivity index (χ2n) is 4.14. The van der Waals surface area contributed by atoms with Crippen LogP contribution in [0.3, 0.4) is 0 Å². The molecule has 0 atom stereocenters. The van der Waals surface area contributed by atoms with Crippen LogP contribution >= 0.6 is 0 Å². The fourth-order valence-electron chi connectivity index (χ4n) is 1.82. The predicted octanol–water partition coefficient (Wildman–Crippen LogP) is 2.19. The standard InChI is InChI=1S/C13H13FN4O3/c1-21-13-11(18(19)20)12(16-8-17-13)15-6-5-9-3-2-4-10(14)7-9/h2-4,7-8H,5-6H2,1H3,(H,15,16,17). The average molecular weight is 292 g/mol. The molecule has 0 bridgehead atoms. The second-order valence-corrected chi connectivity index (χ2v) is 4.14. The molecule has 110 valence electrons. The Hall–Kier alpha value is -2.77. The fourth-order valence-corrected chi connectivity index (χ4v) is 1.82. The van der Waals surface area contributed by atoms with Crippen LogP contribution in [-0.4, -0.2) is 28.5 Å². The van der Waals surface area contributed by atoms with Gasteiger partial charge in [0, 0.05) is 6.54 Å². The summed E-state index contributed by atoms with van der Waals surface area (Å²) >= 11 is 0. The monoisotopic (exact) mass is 292 g/mol. The van der Waals surface area contributed by atoms with Crippen molar-refractivity contribution in [1.82, 2.24) is 9.97 Å². The zero-order valence-electron chi connectivity index (χ0n) is 11.2. The Labute approximate surface area is 120 Å². The highest BCUT2D eigenvalue weighted by molar-refractivity contribution is 5.61. The van der Waals surface area contributed by atoms with Crippen molar-refractivity contribution in [2.45, 2.75) is 6.42 Å². The Morgan fingerprint density at radius 2 is 2.24 bits per heavy atom. The van der Waals surface area contributed by atoms with Gasteiger partial charge in [0.15, 0.2) is 0 Å². The third-order valence-electron chi connectivity index (χ3n) is 2.76. The van der Waals surface area contributed by atoms with Crippen LogP contribution in [0.25, 0.3) is 0 Å². The molecule has 0 aliphatic carbocycles. The maximum Gasteiger partial charge on any atom is 0.372 e. The maximum absolute atomic E-state index is 13.0. The number of methoxy groups -OCH3 is 1. The molecule has 0 spiro atoms. The zero-order valence-corrected chi connectivity index (χ0v) is 11.2. The van der Waals surface area contributed by atoms with Crippen molar-refractivity contribution in [3.05, 3.63) is 52.1 Å². The van der Waals surface area contributed by atoms with E-state index in [-0.39, 0.29) is 23.2 Å². The number of anilines is 1. The van der Waals surface area contributed by atoms with Gasteiger partial charge in [-0.1, -0.05) is 12.1 Å². The van der Waals surface area contributed by atoms with Gasteiger partial charge in [-0.25, -0.2) is 9.37 Å². The van der Waals surface area contributed by atoms with E-state index >= 15 is 0 Å². The fraction of sp³-hybridized carbons (Fsp3) is 0.231. The van der Waals surface area contributed by atoms with Gasteiger partial charge in [0.25, 0.3) is 5.88 Å². The minimum Gasteiger partial charge on any atom is -0.476 e. The van der Waals surface area contributed by atoms with Gasteiger partial charge >= 0.3 is 5.69 Å². The first-order valence-electron chi connectivity index (χ1n) is 6.13. The highest BCUT2D eigenvalue weighted by atomic mass is 19.1. The van der Waals surface area contributed by atoms with E-state index in [0.717, 1.165) is 5.56 Å². The van der Waals surface area contributed by atoms with Gasteiger partial charge in [-0.2, -0.15) is 4.98 Å². The van der Waals surface area contributed by atoms with Crippen molar-refractivity contribution >= 4 is 11.5 Å². The van der Waals surface area contributed by atoms with Crippen molar-refractivity contribution in [3.8, 4) is 5.88 Å². The molecule has 1 aromatic heterocycles. The lowest BCUT2D eigenvalue weighted by molar-refractivity contribution is -0.385. The highest BCUT2D eigenvalue weighted by Crippen LogP contribution is 2.30. The third kappa shape index (κ3) is 3.62. The Balaban J connectivity index is 2.08. The number of rotatable bonds is 6. The molecule has 8 heteroatoms. The minimum atomic E-state index is -0.608. The summed E-state index contributed by atoms with van der Waals surface area (Å²) in [5, 5.41) is 13.9. The number of benzene rings is 1.